The third-order valence-corrected chi connectivity index (χ3v) is 5.41. The zero-order valence-electron chi connectivity index (χ0n) is 16.0. The second-order valence-electron chi connectivity index (χ2n) is 6.62. The van der Waals surface area contributed by atoms with E-state index in [1.807, 2.05) is 0 Å². The number of barbiturate groups is 1. The molecule has 2 N–H and O–H groups in total. The SMILES string of the molecule is O=C1NC(=O)N(c2cccc(Cl)c2Cl)C(=O)/C1=C/c1ccc(-c2ccc(C(=O)O)cc2)o1. The van der Waals surface area contributed by atoms with E-state index < -0.39 is 23.8 Å². The molecule has 0 bridgehead atoms. The summed E-state index contributed by atoms with van der Waals surface area (Å²) in [6.45, 7) is 0. The number of carboxylic acid groups (broad SMARTS) is 1. The van der Waals surface area contributed by atoms with Crippen LogP contribution in [-0.4, -0.2) is 28.9 Å². The van der Waals surface area contributed by atoms with Gasteiger partial charge in [-0.2, -0.15) is 0 Å². The number of nitrogens with zero attached hydrogens (tertiary/aromatic N) is 1. The van der Waals surface area contributed by atoms with Gasteiger partial charge < -0.3 is 9.52 Å². The van der Waals surface area contributed by atoms with Crippen molar-refractivity contribution in [3.05, 3.63) is 81.5 Å². The van der Waals surface area contributed by atoms with Crippen molar-refractivity contribution in [1.82, 2.24) is 5.32 Å². The molecule has 0 spiro atoms. The van der Waals surface area contributed by atoms with Crippen LogP contribution in [0.1, 0.15) is 16.1 Å². The molecule has 4 amide bonds. The first-order valence-corrected chi connectivity index (χ1v) is 9.81. The lowest BCUT2D eigenvalue weighted by Crippen LogP contribution is -2.54. The van der Waals surface area contributed by atoms with Gasteiger partial charge in [0.1, 0.15) is 17.1 Å². The molecule has 8 nitrogen and oxygen atoms in total. The van der Waals surface area contributed by atoms with E-state index in [0.29, 0.717) is 11.3 Å². The minimum Gasteiger partial charge on any atom is -0.478 e. The quantitative estimate of drug-likeness (QED) is 0.424. The molecule has 1 saturated heterocycles. The lowest BCUT2D eigenvalue weighted by atomic mass is 10.1. The average Bonchev–Trinajstić information content (AvgIpc) is 3.23. The fourth-order valence-electron chi connectivity index (χ4n) is 3.05. The molecule has 1 aliphatic heterocycles. The number of hydrogen-bond donors (Lipinski definition) is 2. The molecule has 10 heteroatoms. The minimum atomic E-state index is -1.05. The number of anilines is 1. The first-order chi connectivity index (χ1) is 15.3. The molecule has 32 heavy (non-hydrogen) atoms. The van der Waals surface area contributed by atoms with Gasteiger partial charge in [-0.3, -0.25) is 14.9 Å². The molecule has 0 radical (unpaired) electrons. The number of carbonyl (C=O) groups excluding carboxylic acids is 3. The Morgan fingerprint density at radius 2 is 1.72 bits per heavy atom. The summed E-state index contributed by atoms with van der Waals surface area (Å²) in [5, 5.41) is 11.2. The Labute approximate surface area is 190 Å². The molecule has 160 valence electrons. The van der Waals surface area contributed by atoms with E-state index >= 15 is 0 Å². The highest BCUT2D eigenvalue weighted by atomic mass is 35.5. The number of imide groups is 2. The lowest BCUT2D eigenvalue weighted by Gasteiger charge is -2.27. The number of amides is 4. The van der Waals surface area contributed by atoms with Crippen molar-refractivity contribution < 1.29 is 28.7 Å². The van der Waals surface area contributed by atoms with E-state index in [0.717, 1.165) is 4.90 Å². The first-order valence-electron chi connectivity index (χ1n) is 9.05. The van der Waals surface area contributed by atoms with Crippen molar-refractivity contribution >= 4 is 58.8 Å². The Hall–Kier alpha value is -3.88. The van der Waals surface area contributed by atoms with Gasteiger partial charge >= 0.3 is 12.0 Å². The molecule has 0 atom stereocenters. The van der Waals surface area contributed by atoms with Gasteiger partial charge in [-0.15, -0.1) is 0 Å². The van der Waals surface area contributed by atoms with Crippen molar-refractivity contribution in [1.29, 1.82) is 0 Å². The molecular weight excluding hydrogens is 459 g/mol. The summed E-state index contributed by atoms with van der Waals surface area (Å²) in [4.78, 5) is 49.3. The number of carbonyl (C=O) groups is 4. The van der Waals surface area contributed by atoms with Crippen LogP contribution in [0.5, 0.6) is 0 Å². The van der Waals surface area contributed by atoms with Gasteiger partial charge in [-0.25, -0.2) is 14.5 Å². The van der Waals surface area contributed by atoms with Crippen molar-refractivity contribution in [2.45, 2.75) is 0 Å². The summed E-state index contributed by atoms with van der Waals surface area (Å²) >= 11 is 12.1. The summed E-state index contributed by atoms with van der Waals surface area (Å²) in [7, 11) is 0. The Bertz CT molecular complexity index is 1310. The van der Waals surface area contributed by atoms with Crippen molar-refractivity contribution in [2.24, 2.45) is 0 Å². The molecule has 1 aromatic heterocycles. The van der Waals surface area contributed by atoms with Crippen molar-refractivity contribution in [2.75, 3.05) is 4.90 Å². The number of rotatable bonds is 4. The van der Waals surface area contributed by atoms with E-state index in [9.17, 15) is 19.2 Å². The van der Waals surface area contributed by atoms with E-state index in [-0.39, 0.29) is 32.6 Å². The number of hydrogen-bond acceptors (Lipinski definition) is 5. The van der Waals surface area contributed by atoms with E-state index in [4.69, 9.17) is 32.7 Å². The number of urea groups is 1. The predicted molar refractivity (Wildman–Crippen MR) is 117 cm³/mol. The van der Waals surface area contributed by atoms with Crippen LogP contribution in [-0.2, 0) is 9.59 Å². The topological polar surface area (TPSA) is 117 Å². The van der Waals surface area contributed by atoms with E-state index in [2.05, 4.69) is 5.32 Å². The normalized spacial score (nSPS) is 15.2. The largest absolute Gasteiger partial charge is 0.478 e. The van der Waals surface area contributed by atoms with Gasteiger partial charge in [-0.1, -0.05) is 41.4 Å². The predicted octanol–water partition coefficient (Wildman–Crippen LogP) is 4.62. The third kappa shape index (κ3) is 3.89. The Kier molecular flexibility index (Phi) is 5.56. The molecule has 2 heterocycles. The molecule has 1 aliphatic rings. The summed E-state index contributed by atoms with van der Waals surface area (Å²) in [5.74, 6) is -2.28. The molecule has 2 aromatic carbocycles. The summed E-state index contributed by atoms with van der Waals surface area (Å²) in [6.07, 6.45) is 1.20. The third-order valence-electron chi connectivity index (χ3n) is 4.60. The summed E-state index contributed by atoms with van der Waals surface area (Å²) in [5.41, 5.74) is 0.402. The van der Waals surface area contributed by atoms with Gasteiger partial charge in [0, 0.05) is 5.56 Å². The number of furan rings is 1. The zero-order chi connectivity index (χ0) is 23.0. The van der Waals surface area contributed by atoms with Gasteiger partial charge in [0.05, 0.1) is 21.3 Å². The van der Waals surface area contributed by atoms with Gasteiger partial charge in [-0.05, 0) is 42.5 Å². The van der Waals surface area contributed by atoms with Crippen LogP contribution < -0.4 is 10.2 Å². The number of nitrogens with one attached hydrogen (secondary N) is 1. The monoisotopic (exact) mass is 470 g/mol. The Morgan fingerprint density at radius 3 is 2.41 bits per heavy atom. The summed E-state index contributed by atoms with van der Waals surface area (Å²) in [6, 6.07) is 12.6. The number of halogens is 2. The van der Waals surface area contributed by atoms with Crippen LogP contribution >= 0.6 is 23.2 Å². The highest BCUT2D eigenvalue weighted by Gasteiger charge is 2.38. The van der Waals surface area contributed by atoms with Crippen LogP contribution in [0.25, 0.3) is 17.4 Å². The second kappa shape index (κ2) is 8.33. The van der Waals surface area contributed by atoms with Crippen LogP contribution in [0.2, 0.25) is 10.0 Å². The number of carboxylic acids is 1. The molecule has 0 aliphatic carbocycles. The second-order valence-corrected chi connectivity index (χ2v) is 7.40. The van der Waals surface area contributed by atoms with Gasteiger partial charge in [0.15, 0.2) is 0 Å². The van der Waals surface area contributed by atoms with E-state index in [1.54, 1.807) is 18.2 Å². The molecule has 4 rings (SSSR count). The Balaban J connectivity index is 1.67. The minimum absolute atomic E-state index is 0.0172. The van der Waals surface area contributed by atoms with E-state index in [1.165, 1.54) is 42.5 Å². The number of benzene rings is 2. The van der Waals surface area contributed by atoms with Crippen LogP contribution in [0, 0.1) is 0 Å². The molecule has 3 aromatic rings. The van der Waals surface area contributed by atoms with Crippen LogP contribution in [0.4, 0.5) is 10.5 Å². The first kappa shape index (κ1) is 21.4. The highest BCUT2D eigenvalue weighted by Crippen LogP contribution is 2.34. The van der Waals surface area contributed by atoms with Crippen molar-refractivity contribution in [3.8, 4) is 11.3 Å². The fourth-order valence-corrected chi connectivity index (χ4v) is 3.43. The van der Waals surface area contributed by atoms with Gasteiger partial charge in [0.2, 0.25) is 0 Å². The smallest absolute Gasteiger partial charge is 0.336 e. The molecule has 1 fully saturated rings. The standard InChI is InChI=1S/C22H12Cl2N2O6/c23-15-2-1-3-16(18(15)24)26-20(28)14(19(27)25-22(26)31)10-13-8-9-17(32-13)11-4-6-12(7-5-11)21(29)30/h1-10H,(H,29,30)(H,25,27,31)/b14-10+. The van der Waals surface area contributed by atoms with Gasteiger partial charge in [0.25, 0.3) is 11.8 Å². The molecule has 0 saturated carbocycles. The van der Waals surface area contributed by atoms with Crippen molar-refractivity contribution in [3.63, 3.8) is 0 Å². The Morgan fingerprint density at radius 1 is 1.00 bits per heavy atom. The average molecular weight is 471 g/mol. The number of aromatic carboxylic acids is 1. The lowest BCUT2D eigenvalue weighted by molar-refractivity contribution is -0.122. The maximum absolute atomic E-state index is 13.0. The maximum Gasteiger partial charge on any atom is 0.336 e. The van der Waals surface area contributed by atoms with Crippen LogP contribution in [0.15, 0.2) is 64.6 Å². The maximum atomic E-state index is 13.0. The summed E-state index contributed by atoms with van der Waals surface area (Å²) < 4.78 is 5.67. The van der Waals surface area contributed by atoms with Crippen LogP contribution in [0.3, 0.4) is 0 Å². The fraction of sp³-hybridized carbons (Fsp3) is 0. The molecular formula is C22H12Cl2N2O6. The molecule has 0 unspecified atom stereocenters. The zero-order valence-corrected chi connectivity index (χ0v) is 17.5. The highest BCUT2D eigenvalue weighted by molar-refractivity contribution is 6.46.